The van der Waals surface area contributed by atoms with Crippen LogP contribution in [0.15, 0.2) is 58.8 Å². The van der Waals surface area contributed by atoms with Crippen molar-refractivity contribution in [2.24, 2.45) is 5.10 Å². The molecule has 0 bridgehead atoms. The molecule has 4 nitrogen and oxygen atoms in total. The summed E-state index contributed by atoms with van der Waals surface area (Å²) in [6, 6.07) is 16.3. The summed E-state index contributed by atoms with van der Waals surface area (Å²) in [6.07, 6.45) is 0. The fraction of sp³-hybridized carbons (Fsp3) is 0.286. The van der Waals surface area contributed by atoms with Gasteiger partial charge in [0.1, 0.15) is 0 Å². The molecule has 2 heterocycles. The zero-order valence-electron chi connectivity index (χ0n) is 15.8. The van der Waals surface area contributed by atoms with Gasteiger partial charge in [-0.25, -0.2) is 0 Å². The molecule has 3 aromatic rings. The van der Waals surface area contributed by atoms with Crippen LogP contribution in [0.4, 0.5) is 0 Å². The van der Waals surface area contributed by atoms with Crippen molar-refractivity contribution in [1.29, 1.82) is 0 Å². The molecule has 4 rings (SSSR count). The lowest BCUT2D eigenvalue weighted by Gasteiger charge is -2.20. The van der Waals surface area contributed by atoms with Crippen LogP contribution in [0.5, 0.6) is 0 Å². The van der Waals surface area contributed by atoms with Crippen LogP contribution in [-0.2, 0) is 5.41 Å². The van der Waals surface area contributed by atoms with Crippen molar-refractivity contribution in [3.8, 4) is 11.4 Å². The number of hydrogen-bond donors (Lipinski definition) is 0. The molecule has 0 saturated heterocycles. The number of rotatable bonds is 2. The van der Waals surface area contributed by atoms with Crippen molar-refractivity contribution in [1.82, 2.24) is 14.9 Å². The molecule has 27 heavy (non-hydrogen) atoms. The van der Waals surface area contributed by atoms with E-state index in [4.69, 9.17) is 16.7 Å². The second-order valence-electron chi connectivity index (χ2n) is 7.70. The number of hydrogen-bond acceptors (Lipinski definition) is 4. The van der Waals surface area contributed by atoms with E-state index in [9.17, 15) is 0 Å². The first-order chi connectivity index (χ1) is 12.8. The maximum atomic E-state index is 6.03. The molecule has 0 saturated carbocycles. The SMILES string of the molecule is C[C@@H]1Sc2nnc(-c3ccc(C(C)(C)C)cc3)n2N=C1c1ccc(Cl)cc1. The molecule has 1 aromatic heterocycles. The zero-order valence-corrected chi connectivity index (χ0v) is 17.3. The van der Waals surface area contributed by atoms with Gasteiger partial charge in [-0.05, 0) is 35.6 Å². The molecular formula is C21H21ClN4S. The monoisotopic (exact) mass is 396 g/mol. The van der Waals surface area contributed by atoms with E-state index in [-0.39, 0.29) is 10.7 Å². The lowest BCUT2D eigenvalue weighted by molar-refractivity contribution is 0.590. The first-order valence-corrected chi connectivity index (χ1v) is 10.2. The first kappa shape index (κ1) is 18.3. The van der Waals surface area contributed by atoms with Crippen LogP contribution in [0.25, 0.3) is 11.4 Å². The fourth-order valence-electron chi connectivity index (χ4n) is 3.04. The Morgan fingerprint density at radius 3 is 2.19 bits per heavy atom. The Labute approximate surface area is 168 Å². The average molecular weight is 397 g/mol. The van der Waals surface area contributed by atoms with Crippen LogP contribution in [-0.4, -0.2) is 25.8 Å². The topological polar surface area (TPSA) is 43.1 Å². The van der Waals surface area contributed by atoms with Crippen molar-refractivity contribution < 1.29 is 0 Å². The van der Waals surface area contributed by atoms with Crippen molar-refractivity contribution in [3.05, 3.63) is 64.7 Å². The Morgan fingerprint density at radius 1 is 0.926 bits per heavy atom. The molecule has 6 heteroatoms. The van der Waals surface area contributed by atoms with Crippen LogP contribution in [0.1, 0.15) is 38.8 Å². The molecule has 0 N–H and O–H groups in total. The highest BCUT2D eigenvalue weighted by Crippen LogP contribution is 2.33. The van der Waals surface area contributed by atoms with Gasteiger partial charge in [0.05, 0.1) is 11.0 Å². The quantitative estimate of drug-likeness (QED) is 0.562. The van der Waals surface area contributed by atoms with Crippen molar-refractivity contribution in [2.75, 3.05) is 0 Å². The predicted octanol–water partition coefficient (Wildman–Crippen LogP) is 5.64. The molecule has 1 aliphatic rings. The minimum absolute atomic E-state index is 0.119. The number of fused-ring (bicyclic) bond motifs is 1. The van der Waals surface area contributed by atoms with E-state index in [1.54, 1.807) is 11.8 Å². The Kier molecular flexibility index (Phi) is 4.60. The van der Waals surface area contributed by atoms with E-state index in [2.05, 4.69) is 62.2 Å². The number of nitrogens with zero attached hydrogens (tertiary/aromatic N) is 4. The second kappa shape index (κ2) is 6.80. The molecule has 0 amide bonds. The van der Waals surface area contributed by atoms with Gasteiger partial charge in [-0.1, -0.05) is 80.5 Å². The zero-order chi connectivity index (χ0) is 19.2. The Bertz CT molecular complexity index is 998. The highest BCUT2D eigenvalue weighted by Gasteiger charge is 2.26. The first-order valence-electron chi connectivity index (χ1n) is 8.91. The van der Waals surface area contributed by atoms with E-state index < -0.39 is 0 Å². The van der Waals surface area contributed by atoms with E-state index in [0.29, 0.717) is 0 Å². The third-order valence-corrected chi connectivity index (χ3v) is 5.93. The summed E-state index contributed by atoms with van der Waals surface area (Å²) in [6.45, 7) is 8.76. The van der Waals surface area contributed by atoms with Gasteiger partial charge < -0.3 is 0 Å². The lowest BCUT2D eigenvalue weighted by atomic mass is 9.87. The van der Waals surface area contributed by atoms with E-state index in [0.717, 1.165) is 32.8 Å². The van der Waals surface area contributed by atoms with Gasteiger partial charge in [-0.15, -0.1) is 10.2 Å². The lowest BCUT2D eigenvalue weighted by Crippen LogP contribution is -2.21. The van der Waals surface area contributed by atoms with Crippen LogP contribution in [0, 0.1) is 0 Å². The Hall–Kier alpha value is -2.11. The van der Waals surface area contributed by atoms with Crippen molar-refractivity contribution in [3.63, 3.8) is 0 Å². The van der Waals surface area contributed by atoms with E-state index in [1.165, 1.54) is 5.56 Å². The highest BCUT2D eigenvalue weighted by molar-refractivity contribution is 8.00. The van der Waals surface area contributed by atoms with E-state index >= 15 is 0 Å². The van der Waals surface area contributed by atoms with Gasteiger partial charge in [0, 0.05) is 10.6 Å². The minimum atomic E-state index is 0.119. The smallest absolute Gasteiger partial charge is 0.187 e. The maximum absolute atomic E-state index is 6.03. The average Bonchev–Trinajstić information content (AvgIpc) is 3.04. The molecule has 0 fully saturated rings. The third-order valence-electron chi connectivity index (χ3n) is 4.64. The van der Waals surface area contributed by atoms with Gasteiger partial charge in [0.2, 0.25) is 5.16 Å². The van der Waals surface area contributed by atoms with Gasteiger partial charge in [0.15, 0.2) is 5.82 Å². The fourth-order valence-corrected chi connectivity index (χ4v) is 4.10. The molecule has 0 spiro atoms. The van der Waals surface area contributed by atoms with Gasteiger partial charge >= 0.3 is 0 Å². The summed E-state index contributed by atoms with van der Waals surface area (Å²) in [5, 5.41) is 15.4. The molecule has 138 valence electrons. The maximum Gasteiger partial charge on any atom is 0.213 e. The van der Waals surface area contributed by atoms with Crippen LogP contribution in [0.3, 0.4) is 0 Å². The summed E-state index contributed by atoms with van der Waals surface area (Å²) < 4.78 is 1.85. The van der Waals surface area contributed by atoms with Gasteiger partial charge in [-0.3, -0.25) is 0 Å². The van der Waals surface area contributed by atoms with E-state index in [1.807, 2.05) is 28.9 Å². The molecule has 1 atom stereocenters. The largest absolute Gasteiger partial charge is 0.213 e. The van der Waals surface area contributed by atoms with Crippen LogP contribution >= 0.6 is 23.4 Å². The van der Waals surface area contributed by atoms with Crippen molar-refractivity contribution >= 4 is 29.1 Å². The molecular weight excluding hydrogens is 376 g/mol. The van der Waals surface area contributed by atoms with Gasteiger partial charge in [0.25, 0.3) is 0 Å². The molecule has 0 aliphatic carbocycles. The Balaban J connectivity index is 1.75. The number of thioether (sulfide) groups is 1. The molecule has 2 aromatic carbocycles. The minimum Gasteiger partial charge on any atom is -0.187 e. The summed E-state index contributed by atoms with van der Waals surface area (Å²) in [4.78, 5) is 0. The number of aromatic nitrogens is 3. The predicted molar refractivity (Wildman–Crippen MR) is 113 cm³/mol. The summed E-state index contributed by atoms with van der Waals surface area (Å²) in [7, 11) is 0. The van der Waals surface area contributed by atoms with Crippen molar-refractivity contribution in [2.45, 2.75) is 43.5 Å². The van der Waals surface area contributed by atoms with Crippen LogP contribution in [0.2, 0.25) is 5.02 Å². The van der Waals surface area contributed by atoms with Gasteiger partial charge in [-0.2, -0.15) is 9.78 Å². The standard InChI is InChI=1S/C21H21ClN4S/c1-13-18(14-7-11-17(22)12-8-14)25-26-19(23-24-20(26)27-13)15-5-9-16(10-6-15)21(2,3)4/h5-13H,1-4H3/t13-/m0/s1. The molecule has 1 aliphatic heterocycles. The highest BCUT2D eigenvalue weighted by atomic mass is 35.5. The summed E-state index contributed by atoms with van der Waals surface area (Å²) in [5.41, 5.74) is 4.48. The number of benzene rings is 2. The third kappa shape index (κ3) is 3.54. The molecule has 0 unspecified atom stereocenters. The Morgan fingerprint density at radius 2 is 1.56 bits per heavy atom. The summed E-state index contributed by atoms with van der Waals surface area (Å²) >= 11 is 7.70. The normalized spacial score (nSPS) is 16.8. The second-order valence-corrected chi connectivity index (χ2v) is 9.44. The number of halogens is 1. The summed E-state index contributed by atoms with van der Waals surface area (Å²) in [5.74, 6) is 0.760. The van der Waals surface area contributed by atoms with Crippen LogP contribution < -0.4 is 0 Å². The molecule has 0 radical (unpaired) electrons.